The fourth-order valence-electron chi connectivity index (χ4n) is 1.70. The van der Waals surface area contributed by atoms with Gasteiger partial charge in [0.1, 0.15) is 0 Å². The third-order valence-electron chi connectivity index (χ3n) is 2.69. The average molecular weight is 300 g/mol. The average Bonchev–Trinajstić information content (AvgIpc) is 2.54. The summed E-state index contributed by atoms with van der Waals surface area (Å²) < 4.78 is 4.76. The topological polar surface area (TPSA) is 93.2 Å². The first-order valence-electron chi connectivity index (χ1n) is 6.76. The molecule has 2 rings (SSSR count). The van der Waals surface area contributed by atoms with Crippen molar-refractivity contribution in [3.63, 3.8) is 0 Å². The zero-order valence-corrected chi connectivity index (χ0v) is 12.1. The lowest BCUT2D eigenvalue weighted by molar-refractivity contribution is 0.102. The smallest absolute Gasteiger partial charge is 0.407 e. The molecule has 7 nitrogen and oxygen atoms in total. The number of ether oxygens (including phenoxy) is 1. The largest absolute Gasteiger partial charge is 0.450 e. The van der Waals surface area contributed by atoms with E-state index in [0.29, 0.717) is 23.6 Å². The number of hydrogen-bond acceptors (Lipinski definition) is 5. The van der Waals surface area contributed by atoms with Crippen molar-refractivity contribution in [3.8, 4) is 0 Å². The van der Waals surface area contributed by atoms with Crippen molar-refractivity contribution >= 4 is 17.7 Å². The van der Waals surface area contributed by atoms with E-state index in [1.54, 1.807) is 43.6 Å². The monoisotopic (exact) mass is 300 g/mol. The van der Waals surface area contributed by atoms with Crippen LogP contribution in [0, 0.1) is 0 Å². The third-order valence-corrected chi connectivity index (χ3v) is 2.69. The van der Waals surface area contributed by atoms with Gasteiger partial charge < -0.3 is 15.4 Å². The number of nitrogens with one attached hydrogen (secondary N) is 2. The summed E-state index contributed by atoms with van der Waals surface area (Å²) in [6.45, 7) is 2.21. The van der Waals surface area contributed by atoms with Crippen LogP contribution < -0.4 is 10.6 Å². The Morgan fingerprint density at radius 1 is 1.27 bits per heavy atom. The molecule has 0 bridgehead atoms. The quantitative estimate of drug-likeness (QED) is 0.880. The highest BCUT2D eigenvalue weighted by atomic mass is 16.5. The molecule has 0 spiro atoms. The third kappa shape index (κ3) is 4.55. The van der Waals surface area contributed by atoms with Crippen molar-refractivity contribution in [2.75, 3.05) is 11.9 Å². The zero-order valence-electron chi connectivity index (χ0n) is 12.1. The maximum Gasteiger partial charge on any atom is 0.407 e. The summed E-state index contributed by atoms with van der Waals surface area (Å²) in [5.74, 6) is -0.271. The van der Waals surface area contributed by atoms with Gasteiger partial charge in [-0.25, -0.2) is 4.79 Å². The molecule has 2 aromatic rings. The molecule has 0 saturated carbocycles. The number of anilines is 1. The lowest BCUT2D eigenvalue weighted by atomic mass is 10.2. The Hall–Kier alpha value is -2.96. The van der Waals surface area contributed by atoms with E-state index in [2.05, 4.69) is 20.6 Å². The Morgan fingerprint density at radius 3 is 2.86 bits per heavy atom. The van der Waals surface area contributed by atoms with Gasteiger partial charge in [0, 0.05) is 18.0 Å². The molecule has 0 fully saturated rings. The second kappa shape index (κ2) is 7.72. The Balaban J connectivity index is 1.98. The first-order valence-corrected chi connectivity index (χ1v) is 6.76. The molecule has 0 aliphatic carbocycles. The standard InChI is InChI=1S/C15H16N4O3/c1-2-22-15(21)18-10-13-8-11(5-7-17-13)14(20)19-12-4-3-6-16-9-12/h3-9H,2,10H2,1H3,(H,18,21)(H,19,20). The first-order chi connectivity index (χ1) is 10.7. The Kier molecular flexibility index (Phi) is 5.42. The molecule has 7 heteroatoms. The summed E-state index contributed by atoms with van der Waals surface area (Å²) >= 11 is 0. The van der Waals surface area contributed by atoms with Gasteiger partial charge >= 0.3 is 6.09 Å². The van der Waals surface area contributed by atoms with Gasteiger partial charge in [-0.1, -0.05) is 0 Å². The van der Waals surface area contributed by atoms with Crippen LogP contribution in [0.25, 0.3) is 0 Å². The number of aromatic nitrogens is 2. The van der Waals surface area contributed by atoms with E-state index in [0.717, 1.165) is 0 Å². The molecule has 0 radical (unpaired) electrons. The molecule has 114 valence electrons. The normalized spacial score (nSPS) is 9.86. The lowest BCUT2D eigenvalue weighted by Crippen LogP contribution is -2.24. The van der Waals surface area contributed by atoms with Crippen LogP contribution in [0.15, 0.2) is 42.9 Å². The molecule has 0 atom stereocenters. The maximum absolute atomic E-state index is 12.1. The van der Waals surface area contributed by atoms with E-state index >= 15 is 0 Å². The maximum atomic E-state index is 12.1. The predicted molar refractivity (Wildman–Crippen MR) is 80.3 cm³/mol. The van der Waals surface area contributed by atoms with Crippen molar-refractivity contribution in [1.82, 2.24) is 15.3 Å². The van der Waals surface area contributed by atoms with Crippen LogP contribution in [0.2, 0.25) is 0 Å². The molecule has 22 heavy (non-hydrogen) atoms. The van der Waals surface area contributed by atoms with E-state index in [9.17, 15) is 9.59 Å². The van der Waals surface area contributed by atoms with Crippen molar-refractivity contribution in [2.24, 2.45) is 0 Å². The first kappa shape index (κ1) is 15.4. The van der Waals surface area contributed by atoms with Gasteiger partial charge in [-0.05, 0) is 31.2 Å². The highest BCUT2D eigenvalue weighted by molar-refractivity contribution is 6.04. The summed E-state index contributed by atoms with van der Waals surface area (Å²) in [5, 5.41) is 5.28. The number of carbonyl (C=O) groups excluding carboxylic acids is 2. The molecule has 2 aromatic heterocycles. The molecule has 2 amide bonds. The molecule has 2 heterocycles. The van der Waals surface area contributed by atoms with Crippen LogP contribution in [-0.4, -0.2) is 28.6 Å². The van der Waals surface area contributed by atoms with Gasteiger partial charge in [0.15, 0.2) is 0 Å². The minimum absolute atomic E-state index is 0.187. The molecule has 0 saturated heterocycles. The summed E-state index contributed by atoms with van der Waals surface area (Å²) in [7, 11) is 0. The number of pyridine rings is 2. The Bertz CT molecular complexity index is 646. The van der Waals surface area contributed by atoms with Crippen molar-refractivity contribution in [1.29, 1.82) is 0 Å². The summed E-state index contributed by atoms with van der Waals surface area (Å²) in [4.78, 5) is 31.4. The van der Waals surface area contributed by atoms with Gasteiger partial charge in [0.05, 0.1) is 30.7 Å². The van der Waals surface area contributed by atoms with Crippen LogP contribution in [0.1, 0.15) is 23.0 Å². The van der Waals surface area contributed by atoms with E-state index in [1.807, 2.05) is 0 Å². The van der Waals surface area contributed by atoms with Crippen molar-refractivity contribution in [2.45, 2.75) is 13.5 Å². The molecular weight excluding hydrogens is 284 g/mol. The molecule has 2 N–H and O–H groups in total. The van der Waals surface area contributed by atoms with Crippen LogP contribution >= 0.6 is 0 Å². The van der Waals surface area contributed by atoms with Crippen LogP contribution in [-0.2, 0) is 11.3 Å². The fraction of sp³-hybridized carbons (Fsp3) is 0.200. The predicted octanol–water partition coefficient (Wildman–Crippen LogP) is 1.97. The van der Waals surface area contributed by atoms with Gasteiger partial charge in [-0.3, -0.25) is 14.8 Å². The Morgan fingerprint density at radius 2 is 2.14 bits per heavy atom. The van der Waals surface area contributed by atoms with Crippen molar-refractivity contribution < 1.29 is 14.3 Å². The summed E-state index contributed by atoms with van der Waals surface area (Å²) in [6, 6.07) is 6.68. The second-order valence-corrected chi connectivity index (χ2v) is 4.31. The van der Waals surface area contributed by atoms with Crippen LogP contribution in [0.3, 0.4) is 0 Å². The highest BCUT2D eigenvalue weighted by Crippen LogP contribution is 2.08. The van der Waals surface area contributed by atoms with E-state index in [4.69, 9.17) is 4.74 Å². The number of alkyl carbamates (subject to hydrolysis) is 1. The van der Waals surface area contributed by atoms with Gasteiger partial charge in [0.2, 0.25) is 0 Å². The fourth-order valence-corrected chi connectivity index (χ4v) is 1.70. The van der Waals surface area contributed by atoms with E-state index in [-0.39, 0.29) is 12.5 Å². The van der Waals surface area contributed by atoms with Crippen LogP contribution in [0.4, 0.5) is 10.5 Å². The number of nitrogens with zero attached hydrogens (tertiary/aromatic N) is 2. The minimum Gasteiger partial charge on any atom is -0.450 e. The second-order valence-electron chi connectivity index (χ2n) is 4.31. The summed E-state index contributed by atoms with van der Waals surface area (Å²) in [5.41, 5.74) is 1.61. The number of hydrogen-bond donors (Lipinski definition) is 2. The number of amides is 2. The Labute approximate surface area is 127 Å². The molecule has 0 aliphatic rings. The highest BCUT2D eigenvalue weighted by Gasteiger charge is 2.08. The molecular formula is C15H16N4O3. The van der Waals surface area contributed by atoms with Gasteiger partial charge in [-0.2, -0.15) is 0 Å². The van der Waals surface area contributed by atoms with Crippen molar-refractivity contribution in [3.05, 3.63) is 54.1 Å². The van der Waals surface area contributed by atoms with Gasteiger partial charge in [-0.15, -0.1) is 0 Å². The zero-order chi connectivity index (χ0) is 15.8. The number of carbonyl (C=O) groups is 2. The van der Waals surface area contributed by atoms with E-state index < -0.39 is 6.09 Å². The minimum atomic E-state index is -0.519. The number of rotatable bonds is 5. The molecule has 0 aromatic carbocycles. The summed E-state index contributed by atoms with van der Waals surface area (Å²) in [6.07, 6.45) is 4.18. The van der Waals surface area contributed by atoms with Gasteiger partial charge in [0.25, 0.3) is 5.91 Å². The van der Waals surface area contributed by atoms with Crippen LogP contribution in [0.5, 0.6) is 0 Å². The molecule has 0 unspecified atom stereocenters. The van der Waals surface area contributed by atoms with E-state index in [1.165, 1.54) is 6.20 Å². The molecule has 0 aliphatic heterocycles. The lowest BCUT2D eigenvalue weighted by Gasteiger charge is -2.07. The SMILES string of the molecule is CCOC(=O)NCc1cc(C(=O)Nc2cccnc2)ccn1.